The van der Waals surface area contributed by atoms with E-state index < -0.39 is 0 Å². The van der Waals surface area contributed by atoms with Crippen LogP contribution in [0.15, 0.2) is 48.7 Å². The van der Waals surface area contributed by atoms with Crippen molar-refractivity contribution in [1.82, 2.24) is 14.8 Å². The van der Waals surface area contributed by atoms with Crippen LogP contribution in [-0.4, -0.2) is 35.6 Å². The summed E-state index contributed by atoms with van der Waals surface area (Å²) in [5.74, 6) is 0. The van der Waals surface area contributed by atoms with Gasteiger partial charge in [0, 0.05) is 53.3 Å². The van der Waals surface area contributed by atoms with Crippen LogP contribution in [0.2, 0.25) is 10.0 Å². The maximum absolute atomic E-state index is 6.38. The monoisotopic (exact) mass is 475 g/mol. The molecule has 160 valence electrons. The number of hydrogen-bond donors (Lipinski definition) is 1. The molecule has 1 N–H and O–H groups in total. The molecule has 0 amide bonds. The van der Waals surface area contributed by atoms with E-state index in [1.807, 2.05) is 12.1 Å². The van der Waals surface area contributed by atoms with Crippen LogP contribution >= 0.6 is 48.0 Å². The summed E-state index contributed by atoms with van der Waals surface area (Å²) in [5, 5.41) is 6.25. The minimum absolute atomic E-state index is 0. The van der Waals surface area contributed by atoms with Gasteiger partial charge in [-0.1, -0.05) is 61.3 Å². The number of nitrogens with one attached hydrogen (secondary N) is 1. The molecule has 0 bridgehead atoms. The third-order valence-corrected chi connectivity index (χ3v) is 5.63. The number of aromatic nitrogens is 1. The molecule has 0 saturated heterocycles. The first-order chi connectivity index (χ1) is 13.1. The molecule has 1 heterocycles. The summed E-state index contributed by atoms with van der Waals surface area (Å²) in [6.45, 7) is 10.3. The van der Waals surface area contributed by atoms with Gasteiger partial charge in [0.25, 0.3) is 0 Å². The maximum atomic E-state index is 6.38. The van der Waals surface area contributed by atoms with Gasteiger partial charge < -0.3 is 14.8 Å². The lowest BCUT2D eigenvalue weighted by Crippen LogP contribution is -2.31. The zero-order chi connectivity index (χ0) is 19.2. The van der Waals surface area contributed by atoms with E-state index in [-0.39, 0.29) is 24.8 Å². The number of rotatable bonds is 9. The van der Waals surface area contributed by atoms with Gasteiger partial charge in [0.15, 0.2) is 0 Å². The predicted octanol–water partition coefficient (Wildman–Crippen LogP) is 6.27. The van der Waals surface area contributed by atoms with Gasteiger partial charge in [-0.25, -0.2) is 0 Å². The zero-order valence-electron chi connectivity index (χ0n) is 16.8. The predicted molar refractivity (Wildman–Crippen MR) is 131 cm³/mol. The minimum atomic E-state index is 0. The highest BCUT2D eigenvalue weighted by Crippen LogP contribution is 2.26. The van der Waals surface area contributed by atoms with E-state index in [9.17, 15) is 0 Å². The van der Waals surface area contributed by atoms with Gasteiger partial charge in [-0.3, -0.25) is 0 Å². The molecule has 0 radical (unpaired) electrons. The van der Waals surface area contributed by atoms with Gasteiger partial charge in [-0.2, -0.15) is 0 Å². The molecule has 1 aromatic heterocycles. The average molecular weight is 477 g/mol. The number of nitrogens with zero attached hydrogens (tertiary/aromatic N) is 2. The molecule has 3 nitrogen and oxygen atoms in total. The molecule has 0 atom stereocenters. The van der Waals surface area contributed by atoms with Gasteiger partial charge in [0.05, 0.1) is 0 Å². The number of para-hydroxylation sites is 1. The molecule has 0 unspecified atom stereocenters. The Labute approximate surface area is 196 Å². The Morgan fingerprint density at radius 1 is 0.966 bits per heavy atom. The van der Waals surface area contributed by atoms with E-state index >= 15 is 0 Å². The van der Waals surface area contributed by atoms with Gasteiger partial charge in [-0.15, -0.1) is 24.8 Å². The van der Waals surface area contributed by atoms with E-state index in [4.69, 9.17) is 23.2 Å². The molecule has 3 aromatic rings. The second-order valence-electron chi connectivity index (χ2n) is 6.74. The normalized spacial score (nSPS) is 10.8. The van der Waals surface area contributed by atoms with Crippen molar-refractivity contribution in [1.29, 1.82) is 0 Å². The molecule has 7 heteroatoms. The van der Waals surface area contributed by atoms with Crippen LogP contribution in [0.1, 0.15) is 25.0 Å². The highest BCUT2D eigenvalue weighted by atomic mass is 35.5. The third-order valence-electron chi connectivity index (χ3n) is 5.04. The zero-order valence-corrected chi connectivity index (χ0v) is 20.0. The van der Waals surface area contributed by atoms with Crippen molar-refractivity contribution in [2.75, 3.05) is 26.2 Å². The first kappa shape index (κ1) is 26.1. The van der Waals surface area contributed by atoms with E-state index in [1.165, 1.54) is 16.5 Å². The van der Waals surface area contributed by atoms with Crippen LogP contribution in [0.4, 0.5) is 0 Å². The summed E-state index contributed by atoms with van der Waals surface area (Å²) in [5.41, 5.74) is 3.61. The average Bonchev–Trinajstić information content (AvgIpc) is 3.02. The van der Waals surface area contributed by atoms with Crippen molar-refractivity contribution in [2.45, 2.75) is 26.9 Å². The molecule has 0 aliphatic heterocycles. The Morgan fingerprint density at radius 2 is 1.69 bits per heavy atom. The number of benzene rings is 2. The van der Waals surface area contributed by atoms with E-state index in [0.29, 0.717) is 10.0 Å². The molecule has 2 aromatic carbocycles. The van der Waals surface area contributed by atoms with E-state index in [1.54, 1.807) is 6.07 Å². The number of fused-ring (bicyclic) bond motifs is 1. The minimum Gasteiger partial charge on any atom is -0.343 e. The number of halogens is 4. The van der Waals surface area contributed by atoms with Gasteiger partial charge in [0.2, 0.25) is 0 Å². The van der Waals surface area contributed by atoms with Crippen molar-refractivity contribution >= 4 is 58.9 Å². The summed E-state index contributed by atoms with van der Waals surface area (Å²) >= 11 is 12.4. The van der Waals surface area contributed by atoms with Crippen molar-refractivity contribution < 1.29 is 0 Å². The molecular weight excluding hydrogens is 448 g/mol. The Balaban J connectivity index is 0.00000210. The van der Waals surface area contributed by atoms with Crippen LogP contribution in [0.3, 0.4) is 0 Å². The topological polar surface area (TPSA) is 20.2 Å². The Bertz CT molecular complexity index is 891. The van der Waals surface area contributed by atoms with Crippen LogP contribution in [0.25, 0.3) is 10.9 Å². The van der Waals surface area contributed by atoms with Crippen LogP contribution in [0.5, 0.6) is 0 Å². The van der Waals surface area contributed by atoms with Crippen LogP contribution < -0.4 is 5.32 Å². The number of hydrogen-bond acceptors (Lipinski definition) is 2. The van der Waals surface area contributed by atoms with Crippen molar-refractivity contribution in [3.63, 3.8) is 0 Å². The molecular formula is C22H29Cl4N3. The van der Waals surface area contributed by atoms with E-state index in [0.717, 1.165) is 44.8 Å². The van der Waals surface area contributed by atoms with Crippen molar-refractivity contribution in [3.05, 3.63) is 69.8 Å². The molecule has 3 rings (SSSR count). The highest BCUT2D eigenvalue weighted by Gasteiger charge is 2.10. The summed E-state index contributed by atoms with van der Waals surface area (Å²) < 4.78 is 2.27. The van der Waals surface area contributed by atoms with Crippen molar-refractivity contribution in [3.8, 4) is 0 Å². The Kier molecular flexibility index (Phi) is 11.4. The van der Waals surface area contributed by atoms with Crippen LogP contribution in [-0.2, 0) is 13.1 Å². The fraction of sp³-hybridized carbons (Fsp3) is 0.364. The standard InChI is InChI=1S/C22H27Cl2N3.2ClH/c1-3-26(4-2)12-11-25-14-18-16-27(22-8-6-5-7-20(18)22)15-17-9-10-19(23)13-21(17)24;;/h5-10,13,16,25H,3-4,11-12,14-15H2,1-2H3;2*1H. The maximum Gasteiger partial charge on any atom is 0.0491 e. The summed E-state index contributed by atoms with van der Waals surface area (Å²) in [4.78, 5) is 2.43. The van der Waals surface area contributed by atoms with E-state index in [2.05, 4.69) is 59.1 Å². The lowest BCUT2D eigenvalue weighted by atomic mass is 10.2. The van der Waals surface area contributed by atoms with Crippen molar-refractivity contribution in [2.24, 2.45) is 0 Å². The molecule has 0 fully saturated rings. The van der Waals surface area contributed by atoms with Crippen LogP contribution in [0, 0.1) is 0 Å². The molecule has 0 aliphatic rings. The Hall–Kier alpha value is -0.940. The lowest BCUT2D eigenvalue weighted by molar-refractivity contribution is 0.302. The summed E-state index contributed by atoms with van der Waals surface area (Å²) in [6.07, 6.45) is 2.24. The molecule has 0 spiro atoms. The first-order valence-electron chi connectivity index (χ1n) is 9.56. The lowest BCUT2D eigenvalue weighted by Gasteiger charge is -2.17. The fourth-order valence-electron chi connectivity index (χ4n) is 3.43. The third kappa shape index (κ3) is 6.78. The Morgan fingerprint density at radius 3 is 2.38 bits per heavy atom. The SMILES string of the molecule is CCN(CC)CCNCc1cn(Cc2ccc(Cl)cc2Cl)c2ccccc12.Cl.Cl. The number of likely N-dealkylation sites (N-methyl/N-ethyl adjacent to an activating group) is 1. The fourth-order valence-corrected chi connectivity index (χ4v) is 3.90. The van der Waals surface area contributed by atoms with Gasteiger partial charge >= 0.3 is 0 Å². The second-order valence-corrected chi connectivity index (χ2v) is 7.58. The van der Waals surface area contributed by atoms with Gasteiger partial charge in [-0.05, 0) is 42.4 Å². The molecule has 29 heavy (non-hydrogen) atoms. The highest BCUT2D eigenvalue weighted by molar-refractivity contribution is 6.35. The smallest absolute Gasteiger partial charge is 0.0491 e. The summed E-state index contributed by atoms with van der Waals surface area (Å²) in [7, 11) is 0. The quantitative estimate of drug-likeness (QED) is 0.367. The molecule has 0 saturated carbocycles. The second kappa shape index (κ2) is 12.7. The summed E-state index contributed by atoms with van der Waals surface area (Å²) in [6, 6.07) is 14.2. The molecule has 0 aliphatic carbocycles. The van der Waals surface area contributed by atoms with Gasteiger partial charge in [0.1, 0.15) is 0 Å². The largest absolute Gasteiger partial charge is 0.343 e. The first-order valence-corrected chi connectivity index (χ1v) is 10.3.